The quantitative estimate of drug-likeness (QED) is 0.0762. The number of ether oxygens (including phenoxy) is 2. The van der Waals surface area contributed by atoms with Gasteiger partial charge in [0.25, 0.3) is 10.1 Å². The second-order valence-electron chi connectivity index (χ2n) is 6.98. The first-order valence-electron chi connectivity index (χ1n) is 8.92. The second kappa shape index (κ2) is 11.9. The van der Waals surface area contributed by atoms with Gasteiger partial charge in [0, 0.05) is 0 Å². The molecule has 0 radical (unpaired) electrons. The predicted molar refractivity (Wildman–Crippen MR) is 102 cm³/mol. The maximum Gasteiger partial charge on any atom is 0.349 e. The molecule has 0 aromatic rings. The SMILES string of the molecule is O=C(O)CC(CC(=O)O)(OC(=O)CC(C(=O)OC(CC(=O)O)(CC(=O)O)C(=O)O)S(=O)(=O)O)C(=O)O. The molecule has 0 fully saturated rings. The summed E-state index contributed by atoms with van der Waals surface area (Å²) in [7, 11) is -5.78. The Balaban J connectivity index is 6.30. The molecule has 0 aliphatic rings. The molecule has 36 heavy (non-hydrogen) atoms. The van der Waals surface area contributed by atoms with Gasteiger partial charge in [0.05, 0.1) is 32.1 Å². The van der Waals surface area contributed by atoms with Crippen molar-refractivity contribution in [1.82, 2.24) is 0 Å². The van der Waals surface area contributed by atoms with Gasteiger partial charge in [-0.3, -0.25) is 33.3 Å². The molecule has 0 saturated heterocycles. The minimum Gasteiger partial charge on any atom is -0.481 e. The van der Waals surface area contributed by atoms with Crippen molar-refractivity contribution in [2.24, 2.45) is 0 Å². The van der Waals surface area contributed by atoms with E-state index in [4.69, 9.17) is 20.4 Å². The van der Waals surface area contributed by atoms with E-state index in [2.05, 4.69) is 9.47 Å². The van der Waals surface area contributed by atoms with Gasteiger partial charge in [-0.1, -0.05) is 0 Å². The minimum absolute atomic E-state index is 1.67. The Morgan fingerprint density at radius 3 is 1.17 bits per heavy atom. The monoisotopic (exact) mass is 546 g/mol. The minimum atomic E-state index is -5.78. The molecule has 0 saturated carbocycles. The third-order valence-corrected chi connectivity index (χ3v) is 5.18. The van der Waals surface area contributed by atoms with Crippen LogP contribution in [0.3, 0.4) is 0 Å². The highest BCUT2D eigenvalue weighted by atomic mass is 32.2. The Bertz CT molecular complexity index is 1040. The van der Waals surface area contributed by atoms with Crippen LogP contribution < -0.4 is 0 Å². The second-order valence-corrected chi connectivity index (χ2v) is 8.58. The lowest BCUT2D eigenvalue weighted by atomic mass is 9.95. The summed E-state index contributed by atoms with van der Waals surface area (Å²) < 4.78 is 41.1. The third kappa shape index (κ3) is 9.13. The molecule has 0 aromatic heterocycles. The van der Waals surface area contributed by atoms with Crippen LogP contribution in [0.25, 0.3) is 0 Å². The fourth-order valence-electron chi connectivity index (χ4n) is 2.62. The summed E-state index contributed by atoms with van der Waals surface area (Å²) in [6, 6.07) is 0. The lowest BCUT2D eigenvalue weighted by molar-refractivity contribution is -0.189. The van der Waals surface area contributed by atoms with E-state index in [1.165, 1.54) is 0 Å². The number of hydrogen-bond donors (Lipinski definition) is 7. The van der Waals surface area contributed by atoms with Crippen LogP contribution in [0, 0.1) is 0 Å². The topological polar surface area (TPSA) is 331 Å². The molecule has 1 atom stereocenters. The molecule has 1 unspecified atom stereocenters. The van der Waals surface area contributed by atoms with E-state index in [9.17, 15) is 61.5 Å². The molecule has 0 rings (SSSR count). The zero-order chi connectivity index (χ0) is 28.6. The summed E-state index contributed by atoms with van der Waals surface area (Å²) >= 11 is 0. The van der Waals surface area contributed by atoms with E-state index >= 15 is 0 Å². The van der Waals surface area contributed by atoms with Gasteiger partial charge in [-0.2, -0.15) is 8.42 Å². The maximum atomic E-state index is 12.3. The summed E-state index contributed by atoms with van der Waals surface area (Å²) in [6.07, 6.45) is -8.73. The summed E-state index contributed by atoms with van der Waals surface area (Å²) in [5, 5.41) is 50.7. The fourth-order valence-corrected chi connectivity index (χ4v) is 3.25. The van der Waals surface area contributed by atoms with Crippen LogP contribution >= 0.6 is 0 Å². The van der Waals surface area contributed by atoms with Gasteiger partial charge in [0.15, 0.2) is 5.25 Å². The van der Waals surface area contributed by atoms with Gasteiger partial charge in [-0.15, -0.1) is 0 Å². The van der Waals surface area contributed by atoms with E-state index < -0.39 is 106 Å². The lowest BCUT2D eigenvalue weighted by Gasteiger charge is -2.29. The number of rotatable bonds is 16. The maximum absolute atomic E-state index is 12.3. The zero-order valence-corrected chi connectivity index (χ0v) is 18.4. The molecule has 0 aliphatic heterocycles. The summed E-state index contributed by atoms with van der Waals surface area (Å²) in [6.45, 7) is 0. The molecule has 0 heterocycles. The Labute approximate surface area is 198 Å². The molecule has 0 aliphatic carbocycles. The molecular formula is C16H18O19S. The Hall–Kier alpha value is -4.33. The molecule has 20 heteroatoms. The number of carboxylic acid groups (broad SMARTS) is 6. The first-order valence-corrected chi connectivity index (χ1v) is 10.4. The standard InChI is InChI=1S/C16H18O19S/c17-7(18)2-15(13(27)28,3-8(19)20)34-11(25)1-6(36(31,32)33)12(26)35-16(14(29)30,4-9(21)22)5-10(23)24/h6H,1-5H2,(H,17,18)(H,19,20)(H,21,22)(H,23,24)(H,27,28)(H,29,30)(H,31,32,33). The van der Waals surface area contributed by atoms with Gasteiger partial charge >= 0.3 is 47.8 Å². The molecule has 19 nitrogen and oxygen atoms in total. The highest BCUT2D eigenvalue weighted by Crippen LogP contribution is 2.27. The number of hydrogen-bond acceptors (Lipinski definition) is 12. The van der Waals surface area contributed by atoms with Gasteiger partial charge in [0.2, 0.25) is 11.2 Å². The number of carbonyl (C=O) groups excluding carboxylic acids is 2. The van der Waals surface area contributed by atoms with Crippen LogP contribution in [0.5, 0.6) is 0 Å². The first-order chi connectivity index (χ1) is 16.2. The summed E-state index contributed by atoms with van der Waals surface area (Å²) in [5.41, 5.74) is -6.78. The Kier molecular flexibility index (Phi) is 10.5. The van der Waals surface area contributed by atoms with Crippen molar-refractivity contribution in [2.75, 3.05) is 0 Å². The Morgan fingerprint density at radius 2 is 0.917 bits per heavy atom. The van der Waals surface area contributed by atoms with Crippen molar-refractivity contribution in [2.45, 2.75) is 48.6 Å². The number of aliphatic carboxylic acids is 6. The van der Waals surface area contributed by atoms with Gasteiger partial charge in [0.1, 0.15) is 0 Å². The largest absolute Gasteiger partial charge is 0.481 e. The lowest BCUT2D eigenvalue weighted by Crippen LogP contribution is -2.51. The molecule has 0 spiro atoms. The van der Waals surface area contributed by atoms with Crippen LogP contribution in [-0.4, -0.2) is 108 Å². The number of esters is 2. The van der Waals surface area contributed by atoms with Gasteiger partial charge < -0.3 is 40.1 Å². The van der Waals surface area contributed by atoms with Crippen LogP contribution in [0.1, 0.15) is 32.1 Å². The van der Waals surface area contributed by atoms with Crippen LogP contribution in [0.15, 0.2) is 0 Å². The Morgan fingerprint density at radius 1 is 0.611 bits per heavy atom. The molecule has 202 valence electrons. The van der Waals surface area contributed by atoms with Crippen molar-refractivity contribution >= 4 is 57.9 Å². The van der Waals surface area contributed by atoms with E-state index in [-0.39, 0.29) is 0 Å². The summed E-state index contributed by atoms with van der Waals surface area (Å²) in [4.78, 5) is 91.4. The molecule has 0 aromatic carbocycles. The van der Waals surface area contributed by atoms with Crippen molar-refractivity contribution in [3.05, 3.63) is 0 Å². The zero-order valence-electron chi connectivity index (χ0n) is 17.6. The van der Waals surface area contributed by atoms with E-state index in [0.29, 0.717) is 0 Å². The van der Waals surface area contributed by atoms with Gasteiger partial charge in [-0.05, 0) is 0 Å². The third-order valence-electron chi connectivity index (χ3n) is 4.11. The number of carbonyl (C=O) groups is 8. The fraction of sp³-hybridized carbons (Fsp3) is 0.500. The predicted octanol–water partition coefficient (Wildman–Crippen LogP) is -2.74. The molecular weight excluding hydrogens is 528 g/mol. The molecule has 7 N–H and O–H groups in total. The normalized spacial score (nSPS) is 12.6. The van der Waals surface area contributed by atoms with Crippen LogP contribution in [0.2, 0.25) is 0 Å². The van der Waals surface area contributed by atoms with Gasteiger partial charge in [-0.25, -0.2) is 9.59 Å². The smallest absolute Gasteiger partial charge is 0.349 e. The molecule has 0 amide bonds. The number of carboxylic acids is 6. The van der Waals surface area contributed by atoms with Crippen molar-refractivity contribution in [1.29, 1.82) is 0 Å². The molecule has 0 bridgehead atoms. The average molecular weight is 546 g/mol. The highest BCUT2D eigenvalue weighted by Gasteiger charge is 2.51. The van der Waals surface area contributed by atoms with Crippen molar-refractivity contribution < 1.29 is 91.4 Å². The van der Waals surface area contributed by atoms with E-state index in [0.717, 1.165) is 0 Å². The first kappa shape index (κ1) is 31.7. The summed E-state index contributed by atoms with van der Waals surface area (Å²) in [5.74, 6) is -17.3. The van der Waals surface area contributed by atoms with Crippen molar-refractivity contribution in [3.8, 4) is 0 Å². The van der Waals surface area contributed by atoms with E-state index in [1.54, 1.807) is 0 Å². The van der Waals surface area contributed by atoms with E-state index in [1.807, 2.05) is 0 Å². The van der Waals surface area contributed by atoms with Crippen molar-refractivity contribution in [3.63, 3.8) is 0 Å². The average Bonchev–Trinajstić information content (AvgIpc) is 2.62. The highest BCUT2D eigenvalue weighted by molar-refractivity contribution is 7.87. The van der Waals surface area contributed by atoms with Crippen LogP contribution in [-0.2, 0) is 57.9 Å². The van der Waals surface area contributed by atoms with Crippen LogP contribution in [0.4, 0.5) is 0 Å².